The van der Waals surface area contributed by atoms with Gasteiger partial charge in [0.25, 0.3) is 5.95 Å². The van der Waals surface area contributed by atoms with Crippen LogP contribution in [0, 0.1) is 0 Å². The summed E-state index contributed by atoms with van der Waals surface area (Å²) in [5.74, 6) is 0.392. The van der Waals surface area contributed by atoms with Gasteiger partial charge >= 0.3 is 0 Å². The molecule has 0 bridgehead atoms. The van der Waals surface area contributed by atoms with Crippen molar-refractivity contribution in [1.82, 2.24) is 19.7 Å². The van der Waals surface area contributed by atoms with Crippen LogP contribution in [0.3, 0.4) is 0 Å². The van der Waals surface area contributed by atoms with E-state index in [9.17, 15) is 0 Å². The van der Waals surface area contributed by atoms with Gasteiger partial charge in [0.2, 0.25) is 0 Å². The lowest BCUT2D eigenvalue weighted by molar-refractivity contribution is 0.600. The van der Waals surface area contributed by atoms with Crippen LogP contribution in [0.5, 0.6) is 0 Å². The van der Waals surface area contributed by atoms with Gasteiger partial charge in [-0.2, -0.15) is 10.1 Å². The van der Waals surface area contributed by atoms with E-state index in [1.54, 1.807) is 6.21 Å². The highest BCUT2D eigenvalue weighted by atomic mass is 79.9. The van der Waals surface area contributed by atoms with Gasteiger partial charge in [0.1, 0.15) is 5.52 Å². The predicted octanol–water partition coefficient (Wildman–Crippen LogP) is 5.77. The molecule has 0 aliphatic carbocycles. The number of aryl methyl sites for hydroxylation is 1. The first-order valence-corrected chi connectivity index (χ1v) is 10.7. The smallest absolute Gasteiger partial charge is 0.265 e. The Kier molecular flexibility index (Phi) is 6.14. The quantitative estimate of drug-likeness (QED) is 0.210. The Morgan fingerprint density at radius 1 is 1.03 bits per heavy atom. The van der Waals surface area contributed by atoms with Crippen molar-refractivity contribution in [2.24, 2.45) is 5.10 Å². The summed E-state index contributed by atoms with van der Waals surface area (Å²) in [7, 11) is 0. The molecular weight excluding hydrogens is 428 g/mol. The van der Waals surface area contributed by atoms with Gasteiger partial charge in [0, 0.05) is 16.4 Å². The van der Waals surface area contributed by atoms with Gasteiger partial charge in [-0.25, -0.2) is 5.43 Å². The summed E-state index contributed by atoms with van der Waals surface area (Å²) in [6, 6.07) is 16.2. The fourth-order valence-corrected chi connectivity index (χ4v) is 3.65. The Morgan fingerprint density at radius 3 is 2.69 bits per heavy atom. The number of anilines is 1. The molecule has 4 rings (SSSR count). The maximum absolute atomic E-state index is 4.71. The van der Waals surface area contributed by atoms with Crippen molar-refractivity contribution in [2.45, 2.75) is 39.2 Å². The van der Waals surface area contributed by atoms with E-state index in [1.165, 1.54) is 19.3 Å². The summed E-state index contributed by atoms with van der Waals surface area (Å²) >= 11 is 3.43. The lowest BCUT2D eigenvalue weighted by Gasteiger charge is -2.06. The zero-order chi connectivity index (χ0) is 20.1. The third-order valence-electron chi connectivity index (χ3n) is 4.86. The number of benzene rings is 2. The highest BCUT2D eigenvalue weighted by Gasteiger charge is 2.14. The standard InChI is InChI=1S/C22H23BrN6/c1-2-3-4-7-14-29-19-9-6-5-8-18(19)20-21(29)25-22(28-26-20)27-24-15-16-10-12-17(23)13-11-16/h5-6,8-13,15H,2-4,7,14H2,1H3,(H,25,27,28)/b24-15+. The minimum Gasteiger partial charge on any atom is -0.324 e. The molecule has 2 aromatic carbocycles. The largest absolute Gasteiger partial charge is 0.324 e. The van der Waals surface area contributed by atoms with Crippen molar-refractivity contribution in [3.05, 3.63) is 58.6 Å². The topological polar surface area (TPSA) is 68.0 Å². The molecule has 7 heteroatoms. The molecule has 0 fully saturated rings. The number of nitrogens with one attached hydrogen (secondary N) is 1. The molecule has 6 nitrogen and oxygen atoms in total. The number of fused-ring (bicyclic) bond motifs is 3. The van der Waals surface area contributed by atoms with Crippen LogP contribution in [0.1, 0.15) is 38.2 Å². The van der Waals surface area contributed by atoms with Gasteiger partial charge in [-0.3, -0.25) is 0 Å². The van der Waals surface area contributed by atoms with Gasteiger partial charge in [-0.1, -0.05) is 72.4 Å². The average Bonchev–Trinajstić information content (AvgIpc) is 3.06. The number of para-hydroxylation sites is 1. The summed E-state index contributed by atoms with van der Waals surface area (Å²) in [6.07, 6.45) is 6.55. The molecule has 0 unspecified atom stereocenters. The molecule has 0 spiro atoms. The molecule has 0 amide bonds. The molecule has 0 aliphatic heterocycles. The molecule has 0 saturated carbocycles. The summed E-state index contributed by atoms with van der Waals surface area (Å²) in [5.41, 5.74) is 6.72. The molecule has 148 valence electrons. The fraction of sp³-hybridized carbons (Fsp3) is 0.273. The van der Waals surface area contributed by atoms with Crippen LogP contribution in [-0.2, 0) is 6.54 Å². The van der Waals surface area contributed by atoms with Gasteiger partial charge in [0.15, 0.2) is 5.65 Å². The summed E-state index contributed by atoms with van der Waals surface area (Å²) in [6.45, 7) is 3.15. The molecule has 2 heterocycles. The predicted molar refractivity (Wildman–Crippen MR) is 122 cm³/mol. The highest BCUT2D eigenvalue weighted by Crippen LogP contribution is 2.26. The van der Waals surface area contributed by atoms with E-state index in [-0.39, 0.29) is 0 Å². The number of unbranched alkanes of at least 4 members (excludes halogenated alkanes) is 3. The second kappa shape index (κ2) is 9.13. The number of nitrogens with zero attached hydrogens (tertiary/aromatic N) is 5. The van der Waals surface area contributed by atoms with Gasteiger partial charge in [-0.05, 0) is 30.2 Å². The Bertz CT molecular complexity index is 1130. The average molecular weight is 451 g/mol. The van der Waals surface area contributed by atoms with E-state index in [0.717, 1.165) is 45.1 Å². The molecule has 4 aromatic rings. The normalized spacial score (nSPS) is 11.7. The van der Waals surface area contributed by atoms with Crippen LogP contribution >= 0.6 is 15.9 Å². The van der Waals surface area contributed by atoms with Crippen LogP contribution in [0.25, 0.3) is 22.1 Å². The van der Waals surface area contributed by atoms with Gasteiger partial charge in [-0.15, -0.1) is 10.2 Å². The number of hydrogen-bond donors (Lipinski definition) is 1. The van der Waals surface area contributed by atoms with Crippen molar-refractivity contribution in [1.29, 1.82) is 0 Å². The van der Waals surface area contributed by atoms with Crippen molar-refractivity contribution in [2.75, 3.05) is 5.43 Å². The van der Waals surface area contributed by atoms with Crippen molar-refractivity contribution in [3.8, 4) is 0 Å². The summed E-state index contributed by atoms with van der Waals surface area (Å²) in [5, 5.41) is 14.0. The van der Waals surface area contributed by atoms with E-state index >= 15 is 0 Å². The monoisotopic (exact) mass is 450 g/mol. The van der Waals surface area contributed by atoms with E-state index in [1.807, 2.05) is 30.3 Å². The summed E-state index contributed by atoms with van der Waals surface area (Å²) in [4.78, 5) is 4.71. The van der Waals surface area contributed by atoms with Crippen LogP contribution in [0.2, 0.25) is 0 Å². The number of rotatable bonds is 8. The van der Waals surface area contributed by atoms with Gasteiger partial charge < -0.3 is 4.57 Å². The summed E-state index contributed by atoms with van der Waals surface area (Å²) < 4.78 is 3.28. The first-order valence-electron chi connectivity index (χ1n) is 9.92. The van der Waals surface area contributed by atoms with Crippen molar-refractivity contribution in [3.63, 3.8) is 0 Å². The molecule has 0 saturated heterocycles. The Hall–Kier alpha value is -2.80. The third kappa shape index (κ3) is 4.45. The SMILES string of the molecule is CCCCCCn1c2ccccc2c2nnc(N/N=C/c3ccc(Br)cc3)nc21. The Morgan fingerprint density at radius 2 is 1.86 bits per heavy atom. The zero-order valence-corrected chi connectivity index (χ0v) is 17.9. The molecule has 0 aliphatic rings. The van der Waals surface area contributed by atoms with E-state index in [0.29, 0.717) is 5.95 Å². The Balaban J connectivity index is 1.61. The minimum absolute atomic E-state index is 0.392. The third-order valence-corrected chi connectivity index (χ3v) is 5.39. The number of aromatic nitrogens is 4. The molecule has 0 atom stereocenters. The highest BCUT2D eigenvalue weighted by molar-refractivity contribution is 9.10. The van der Waals surface area contributed by atoms with Gasteiger partial charge in [0.05, 0.1) is 11.7 Å². The van der Waals surface area contributed by atoms with Crippen molar-refractivity contribution >= 4 is 50.2 Å². The van der Waals surface area contributed by atoms with Crippen LogP contribution in [-0.4, -0.2) is 26.0 Å². The molecule has 2 aromatic heterocycles. The fourth-order valence-electron chi connectivity index (χ4n) is 3.39. The first-order chi connectivity index (χ1) is 14.3. The zero-order valence-electron chi connectivity index (χ0n) is 16.3. The van der Waals surface area contributed by atoms with Crippen LogP contribution in [0.4, 0.5) is 5.95 Å². The Labute approximate surface area is 178 Å². The lowest BCUT2D eigenvalue weighted by atomic mass is 10.2. The maximum Gasteiger partial charge on any atom is 0.265 e. The molecule has 29 heavy (non-hydrogen) atoms. The van der Waals surface area contributed by atoms with Crippen molar-refractivity contribution < 1.29 is 0 Å². The molecule has 1 N–H and O–H groups in total. The first kappa shape index (κ1) is 19.5. The number of hydrogen-bond acceptors (Lipinski definition) is 5. The van der Waals surface area contributed by atoms with E-state index in [2.05, 4.69) is 66.3 Å². The molecule has 0 radical (unpaired) electrons. The number of hydrazone groups is 1. The van der Waals surface area contributed by atoms with E-state index < -0.39 is 0 Å². The molecular formula is C22H23BrN6. The van der Waals surface area contributed by atoms with Crippen LogP contribution in [0.15, 0.2) is 58.1 Å². The lowest BCUT2D eigenvalue weighted by Crippen LogP contribution is -2.03. The maximum atomic E-state index is 4.71. The van der Waals surface area contributed by atoms with E-state index in [4.69, 9.17) is 4.98 Å². The number of halogens is 1. The van der Waals surface area contributed by atoms with Crippen LogP contribution < -0.4 is 5.43 Å². The second-order valence-corrected chi connectivity index (χ2v) is 7.87. The second-order valence-electron chi connectivity index (χ2n) is 6.96. The minimum atomic E-state index is 0.392.